The average molecular weight is 324 g/mol. The van der Waals surface area contributed by atoms with Crippen LogP contribution < -0.4 is 4.31 Å². The summed E-state index contributed by atoms with van der Waals surface area (Å²) in [4.78, 5) is 11.5. The van der Waals surface area contributed by atoms with Crippen LogP contribution in [0.4, 0.5) is 10.1 Å². The van der Waals surface area contributed by atoms with E-state index >= 15 is 0 Å². The normalized spacial score (nSPS) is 11.2. The first-order valence-corrected chi connectivity index (χ1v) is 7.91. The highest BCUT2D eigenvalue weighted by molar-refractivity contribution is 7.92. The number of carbonyl (C=O) groups excluding carboxylic acids is 1. The van der Waals surface area contributed by atoms with E-state index in [1.807, 2.05) is 0 Å². The molecule has 1 aromatic carbocycles. The largest absolute Gasteiger partial charge is 0.465 e. The van der Waals surface area contributed by atoms with Gasteiger partial charge >= 0.3 is 5.97 Å². The van der Waals surface area contributed by atoms with E-state index in [1.54, 1.807) is 6.92 Å². The molecule has 0 aliphatic carbocycles. The van der Waals surface area contributed by atoms with Crippen molar-refractivity contribution in [3.8, 4) is 0 Å². The second kappa shape index (κ2) is 6.90. The fourth-order valence-corrected chi connectivity index (χ4v) is 2.71. The van der Waals surface area contributed by atoms with Crippen molar-refractivity contribution in [3.63, 3.8) is 0 Å². The molecular formula is C12H15ClFNO4S. The fraction of sp³-hybridized carbons (Fsp3) is 0.417. The Morgan fingerprint density at radius 2 is 2.05 bits per heavy atom. The first-order valence-electron chi connectivity index (χ1n) is 5.93. The lowest BCUT2D eigenvalue weighted by Crippen LogP contribution is -2.38. The molecule has 0 aliphatic rings. The molecule has 0 saturated carbocycles. The number of esters is 1. The van der Waals surface area contributed by atoms with Crippen LogP contribution in [0.25, 0.3) is 0 Å². The lowest BCUT2D eigenvalue weighted by molar-refractivity contribution is -0.141. The van der Waals surface area contributed by atoms with Crippen LogP contribution in [0.15, 0.2) is 18.2 Å². The van der Waals surface area contributed by atoms with Gasteiger partial charge in [0.05, 0.1) is 18.0 Å². The molecule has 0 unspecified atom stereocenters. The number of benzene rings is 1. The van der Waals surface area contributed by atoms with Gasteiger partial charge in [-0.2, -0.15) is 0 Å². The van der Waals surface area contributed by atoms with Crippen molar-refractivity contribution in [2.75, 3.05) is 23.2 Å². The third kappa shape index (κ3) is 4.08. The molecule has 5 nitrogen and oxygen atoms in total. The molecule has 0 fully saturated rings. The van der Waals surface area contributed by atoms with E-state index in [0.717, 1.165) is 12.1 Å². The summed E-state index contributed by atoms with van der Waals surface area (Å²) in [5.41, 5.74) is -0.271. The first-order chi connectivity index (χ1) is 9.31. The average Bonchev–Trinajstić information content (AvgIpc) is 2.39. The molecule has 0 aromatic heterocycles. The molecule has 0 bridgehead atoms. The van der Waals surface area contributed by atoms with Gasteiger partial charge in [-0.05, 0) is 32.0 Å². The molecule has 0 N–H and O–H groups in total. The zero-order valence-corrected chi connectivity index (χ0v) is 12.7. The van der Waals surface area contributed by atoms with E-state index in [1.165, 1.54) is 13.0 Å². The van der Waals surface area contributed by atoms with Crippen LogP contribution in [0, 0.1) is 5.82 Å². The summed E-state index contributed by atoms with van der Waals surface area (Å²) >= 11 is 5.75. The SMILES string of the molecule is CCOC(=O)CN(c1cc(Cl)ccc1F)S(=O)(=O)CC. The molecule has 1 aromatic rings. The topological polar surface area (TPSA) is 63.7 Å². The summed E-state index contributed by atoms with van der Waals surface area (Å²) in [7, 11) is -3.83. The molecule has 0 heterocycles. The molecule has 1 rings (SSSR count). The second-order valence-corrected chi connectivity index (χ2v) is 6.43. The fourth-order valence-electron chi connectivity index (χ4n) is 1.49. The van der Waals surface area contributed by atoms with Crippen molar-refractivity contribution in [2.24, 2.45) is 0 Å². The summed E-state index contributed by atoms with van der Waals surface area (Å²) < 4.78 is 43.2. The quantitative estimate of drug-likeness (QED) is 0.753. The number of hydrogen-bond donors (Lipinski definition) is 0. The maximum absolute atomic E-state index is 13.8. The number of rotatable bonds is 6. The summed E-state index contributed by atoms with van der Waals surface area (Å²) in [5.74, 6) is -1.82. The third-order valence-corrected chi connectivity index (χ3v) is 4.42. The van der Waals surface area contributed by atoms with Crippen molar-refractivity contribution in [2.45, 2.75) is 13.8 Å². The molecule has 0 saturated heterocycles. The zero-order valence-electron chi connectivity index (χ0n) is 11.1. The van der Waals surface area contributed by atoms with Crippen LogP contribution in [0.3, 0.4) is 0 Å². The van der Waals surface area contributed by atoms with Gasteiger partial charge in [0.1, 0.15) is 12.4 Å². The van der Waals surface area contributed by atoms with Gasteiger partial charge < -0.3 is 4.74 Å². The Balaban J connectivity index is 3.24. The molecule has 20 heavy (non-hydrogen) atoms. The predicted molar refractivity (Wildman–Crippen MR) is 74.8 cm³/mol. The van der Waals surface area contributed by atoms with Crippen molar-refractivity contribution >= 4 is 33.3 Å². The van der Waals surface area contributed by atoms with Crippen LogP contribution in [-0.2, 0) is 19.6 Å². The summed E-state index contributed by atoms with van der Waals surface area (Å²) in [5, 5.41) is 0.168. The summed E-state index contributed by atoms with van der Waals surface area (Å²) in [6.07, 6.45) is 0. The monoisotopic (exact) mass is 323 g/mol. The predicted octanol–water partition coefficient (Wildman–Crippen LogP) is 2.20. The summed E-state index contributed by atoms with van der Waals surface area (Å²) in [6.45, 7) is 2.50. The molecule has 0 radical (unpaired) electrons. The van der Waals surface area contributed by atoms with E-state index in [2.05, 4.69) is 0 Å². The van der Waals surface area contributed by atoms with Gasteiger partial charge in [-0.1, -0.05) is 11.6 Å². The zero-order chi connectivity index (χ0) is 15.3. The number of sulfonamides is 1. The van der Waals surface area contributed by atoms with E-state index in [0.29, 0.717) is 4.31 Å². The minimum absolute atomic E-state index is 0.108. The number of anilines is 1. The molecule has 8 heteroatoms. The van der Waals surface area contributed by atoms with Crippen LogP contribution in [-0.4, -0.2) is 33.3 Å². The minimum Gasteiger partial charge on any atom is -0.465 e. The number of ether oxygens (including phenoxy) is 1. The first kappa shape index (κ1) is 16.7. The Hall–Kier alpha value is -1.34. The van der Waals surface area contributed by atoms with Crippen molar-refractivity contribution in [1.29, 1.82) is 0 Å². The number of carbonyl (C=O) groups is 1. The van der Waals surface area contributed by atoms with Crippen molar-refractivity contribution in [1.82, 2.24) is 0 Å². The van der Waals surface area contributed by atoms with E-state index in [4.69, 9.17) is 16.3 Å². The standard InChI is InChI=1S/C12H15ClFNO4S/c1-3-19-12(16)8-15(20(17,18)4-2)11-7-9(13)5-6-10(11)14/h5-7H,3-4,8H2,1-2H3. The third-order valence-electron chi connectivity index (χ3n) is 2.46. The van der Waals surface area contributed by atoms with Crippen LogP contribution in [0.5, 0.6) is 0 Å². The molecule has 0 spiro atoms. The Morgan fingerprint density at radius 1 is 1.40 bits per heavy atom. The van der Waals surface area contributed by atoms with Gasteiger partial charge in [0.2, 0.25) is 10.0 Å². The van der Waals surface area contributed by atoms with E-state index in [-0.39, 0.29) is 23.1 Å². The highest BCUT2D eigenvalue weighted by Gasteiger charge is 2.26. The molecule has 112 valence electrons. The lowest BCUT2D eigenvalue weighted by atomic mass is 10.3. The van der Waals surface area contributed by atoms with Crippen molar-refractivity contribution < 1.29 is 22.3 Å². The van der Waals surface area contributed by atoms with Crippen LogP contribution in [0.2, 0.25) is 5.02 Å². The minimum atomic E-state index is -3.83. The number of nitrogens with zero attached hydrogens (tertiary/aromatic N) is 1. The van der Waals surface area contributed by atoms with Gasteiger partial charge in [0.25, 0.3) is 0 Å². The molecule has 0 amide bonds. The maximum Gasteiger partial charge on any atom is 0.326 e. The van der Waals surface area contributed by atoms with E-state index < -0.39 is 28.4 Å². The Kier molecular flexibility index (Phi) is 5.76. The number of hydrogen-bond acceptors (Lipinski definition) is 4. The van der Waals surface area contributed by atoms with Crippen LogP contribution >= 0.6 is 11.6 Å². The highest BCUT2D eigenvalue weighted by Crippen LogP contribution is 2.26. The smallest absolute Gasteiger partial charge is 0.326 e. The molecular weight excluding hydrogens is 309 g/mol. The van der Waals surface area contributed by atoms with Gasteiger partial charge in [0, 0.05) is 5.02 Å². The van der Waals surface area contributed by atoms with Gasteiger partial charge in [0.15, 0.2) is 0 Å². The Bertz CT molecular complexity index is 591. The highest BCUT2D eigenvalue weighted by atomic mass is 35.5. The maximum atomic E-state index is 13.8. The van der Waals surface area contributed by atoms with E-state index in [9.17, 15) is 17.6 Å². The van der Waals surface area contributed by atoms with Gasteiger partial charge in [-0.15, -0.1) is 0 Å². The Morgan fingerprint density at radius 3 is 2.60 bits per heavy atom. The Labute approximate surface area is 122 Å². The summed E-state index contributed by atoms with van der Waals surface area (Å²) in [6, 6.07) is 3.49. The van der Waals surface area contributed by atoms with Crippen molar-refractivity contribution in [3.05, 3.63) is 29.0 Å². The van der Waals surface area contributed by atoms with Crippen LogP contribution in [0.1, 0.15) is 13.8 Å². The lowest BCUT2D eigenvalue weighted by Gasteiger charge is -2.23. The second-order valence-electron chi connectivity index (χ2n) is 3.81. The van der Waals surface area contributed by atoms with Gasteiger partial charge in [-0.3, -0.25) is 9.10 Å². The molecule has 0 atom stereocenters. The molecule has 0 aliphatic heterocycles. The van der Waals surface area contributed by atoms with Gasteiger partial charge in [-0.25, -0.2) is 12.8 Å². The number of halogens is 2.